The molecule has 1 aliphatic carbocycles. The molecule has 0 saturated heterocycles. The van der Waals surface area contributed by atoms with Gasteiger partial charge in [-0.05, 0) is 31.9 Å². The van der Waals surface area contributed by atoms with Gasteiger partial charge in [-0.15, -0.1) is 0 Å². The van der Waals surface area contributed by atoms with Gasteiger partial charge in [0.05, 0.1) is 23.2 Å². The minimum atomic E-state index is -0.614. The highest BCUT2D eigenvalue weighted by Crippen LogP contribution is 2.37. The number of hydrogen-bond acceptors (Lipinski definition) is 5. The predicted octanol–water partition coefficient (Wildman–Crippen LogP) is 4.25. The van der Waals surface area contributed by atoms with Crippen molar-refractivity contribution in [3.63, 3.8) is 0 Å². The van der Waals surface area contributed by atoms with E-state index < -0.39 is 10.9 Å². The normalized spacial score (nSPS) is 19.5. The zero-order valence-corrected chi connectivity index (χ0v) is 16.5. The summed E-state index contributed by atoms with van der Waals surface area (Å²) < 4.78 is 4.89. The molecule has 0 radical (unpaired) electrons. The van der Waals surface area contributed by atoms with Gasteiger partial charge in [-0.25, -0.2) is 4.79 Å². The van der Waals surface area contributed by atoms with Gasteiger partial charge in [0.2, 0.25) is 0 Å². The number of benzene rings is 1. The molecule has 1 amide bonds. The van der Waals surface area contributed by atoms with E-state index in [0.29, 0.717) is 11.3 Å². The van der Waals surface area contributed by atoms with E-state index >= 15 is 0 Å². The van der Waals surface area contributed by atoms with Crippen molar-refractivity contribution in [1.82, 2.24) is 4.90 Å². The Bertz CT molecular complexity index is 900. The summed E-state index contributed by atoms with van der Waals surface area (Å²) in [7, 11) is 1.26. The van der Waals surface area contributed by atoms with Crippen LogP contribution >= 0.6 is 11.6 Å². The summed E-state index contributed by atoms with van der Waals surface area (Å²) in [6.07, 6.45) is 6.40. The largest absolute Gasteiger partial charge is 0.465 e. The number of non-ortho nitro benzene ring substituents is 1. The van der Waals surface area contributed by atoms with Crippen molar-refractivity contribution in [2.75, 3.05) is 7.11 Å². The fourth-order valence-corrected chi connectivity index (χ4v) is 4.06. The number of esters is 1. The lowest BCUT2D eigenvalue weighted by atomic mass is 9.94. The number of hydrogen-bond donors (Lipinski definition) is 0. The van der Waals surface area contributed by atoms with Crippen molar-refractivity contribution >= 4 is 35.2 Å². The van der Waals surface area contributed by atoms with Crippen LogP contribution < -0.4 is 0 Å². The standard InChI is InChI=1S/C20H21ClN2O5/c1-12-18(20(25)28-2)16(19(24)22(12)14-6-4-3-5-7-14)11-13-10-15(23(26)27)8-9-17(13)21/h8-11,14H,3-7H2,1-2H3/b16-11-. The Morgan fingerprint density at radius 2 is 2.00 bits per heavy atom. The molecule has 0 spiro atoms. The first-order chi connectivity index (χ1) is 13.3. The average Bonchev–Trinajstić information content (AvgIpc) is 2.93. The summed E-state index contributed by atoms with van der Waals surface area (Å²) in [4.78, 5) is 37.8. The molecule has 8 heteroatoms. The van der Waals surface area contributed by atoms with Crippen molar-refractivity contribution in [3.05, 3.63) is 55.7 Å². The van der Waals surface area contributed by atoms with Crippen molar-refractivity contribution in [3.8, 4) is 0 Å². The number of halogens is 1. The third kappa shape index (κ3) is 3.67. The van der Waals surface area contributed by atoms with Gasteiger partial charge in [0.1, 0.15) is 0 Å². The maximum atomic E-state index is 13.2. The van der Waals surface area contributed by atoms with E-state index in [-0.39, 0.29) is 33.8 Å². The minimum Gasteiger partial charge on any atom is -0.465 e. The zero-order chi connectivity index (χ0) is 20.4. The first-order valence-electron chi connectivity index (χ1n) is 9.14. The van der Waals surface area contributed by atoms with E-state index in [0.717, 1.165) is 32.1 Å². The smallest absolute Gasteiger partial charge is 0.340 e. The molecule has 0 unspecified atom stereocenters. The quantitative estimate of drug-likeness (QED) is 0.324. The highest BCUT2D eigenvalue weighted by molar-refractivity contribution is 6.32. The van der Waals surface area contributed by atoms with E-state index in [1.165, 1.54) is 31.4 Å². The van der Waals surface area contributed by atoms with E-state index in [2.05, 4.69) is 0 Å². The number of carbonyl (C=O) groups is 2. The van der Waals surface area contributed by atoms with Crippen LogP contribution in [0.4, 0.5) is 5.69 Å². The number of nitrogens with zero attached hydrogens (tertiary/aromatic N) is 2. The Morgan fingerprint density at radius 3 is 2.61 bits per heavy atom. The second-order valence-electron chi connectivity index (χ2n) is 6.94. The number of nitro benzene ring substituents is 1. The summed E-state index contributed by atoms with van der Waals surface area (Å²) in [5.41, 5.74) is 1.04. The molecule has 1 fully saturated rings. The number of nitro groups is 1. The number of methoxy groups -OCH3 is 1. The van der Waals surface area contributed by atoms with Crippen LogP contribution in [-0.4, -0.2) is 34.9 Å². The van der Waals surface area contributed by atoms with E-state index in [4.69, 9.17) is 16.3 Å². The predicted molar refractivity (Wildman–Crippen MR) is 105 cm³/mol. The Morgan fingerprint density at radius 1 is 1.32 bits per heavy atom. The number of amides is 1. The van der Waals surface area contributed by atoms with Gasteiger partial charge >= 0.3 is 5.97 Å². The van der Waals surface area contributed by atoms with E-state index in [1.807, 2.05) is 0 Å². The Labute approximate surface area is 167 Å². The summed E-state index contributed by atoms with van der Waals surface area (Å²) in [6.45, 7) is 1.73. The lowest BCUT2D eigenvalue weighted by Crippen LogP contribution is -2.37. The van der Waals surface area contributed by atoms with Gasteiger partial charge in [-0.2, -0.15) is 0 Å². The molecule has 0 aromatic heterocycles. The van der Waals surface area contributed by atoms with Gasteiger partial charge in [-0.1, -0.05) is 30.9 Å². The van der Waals surface area contributed by atoms with Crippen molar-refractivity contribution in [2.24, 2.45) is 0 Å². The molecule has 7 nitrogen and oxygen atoms in total. The molecule has 2 aliphatic rings. The van der Waals surface area contributed by atoms with Crippen molar-refractivity contribution in [2.45, 2.75) is 45.1 Å². The number of carbonyl (C=O) groups excluding carboxylic acids is 2. The SMILES string of the molecule is COC(=O)C1=C(C)N(C2CCCCC2)C(=O)/C1=C\c1cc([N+](=O)[O-])ccc1Cl. The fraction of sp³-hybridized carbons (Fsp3) is 0.400. The van der Waals surface area contributed by atoms with Crippen molar-refractivity contribution in [1.29, 1.82) is 0 Å². The molecular formula is C20H21ClN2O5. The first-order valence-corrected chi connectivity index (χ1v) is 9.51. The van der Waals surface area contributed by atoms with Crippen LogP contribution in [0, 0.1) is 10.1 Å². The van der Waals surface area contributed by atoms with Crippen molar-refractivity contribution < 1.29 is 19.2 Å². The van der Waals surface area contributed by atoms with Crippen LogP contribution in [0.25, 0.3) is 6.08 Å². The summed E-state index contributed by atoms with van der Waals surface area (Å²) in [6, 6.07) is 4.01. The summed E-state index contributed by atoms with van der Waals surface area (Å²) in [5, 5.41) is 11.3. The molecule has 0 N–H and O–H groups in total. The minimum absolute atomic E-state index is 0.0346. The molecule has 0 bridgehead atoms. The van der Waals surface area contributed by atoms with Gasteiger partial charge in [0.15, 0.2) is 0 Å². The summed E-state index contributed by atoms with van der Waals surface area (Å²) >= 11 is 6.19. The fourth-order valence-electron chi connectivity index (χ4n) is 3.89. The molecule has 1 aliphatic heterocycles. The lowest BCUT2D eigenvalue weighted by Gasteiger charge is -2.32. The maximum absolute atomic E-state index is 13.2. The molecule has 28 heavy (non-hydrogen) atoms. The van der Waals surface area contributed by atoms with Gasteiger partial charge in [-0.3, -0.25) is 14.9 Å². The molecule has 148 valence electrons. The highest BCUT2D eigenvalue weighted by atomic mass is 35.5. The van der Waals surface area contributed by atoms with E-state index in [1.54, 1.807) is 11.8 Å². The third-order valence-corrected chi connectivity index (χ3v) is 5.61. The molecule has 1 aromatic carbocycles. The van der Waals surface area contributed by atoms with Crippen LogP contribution in [-0.2, 0) is 14.3 Å². The Balaban J connectivity index is 2.09. The third-order valence-electron chi connectivity index (χ3n) is 5.26. The Kier molecular flexibility index (Phi) is 5.84. The number of allylic oxidation sites excluding steroid dienone is 1. The molecule has 1 saturated carbocycles. The molecule has 1 aromatic rings. The van der Waals surface area contributed by atoms with Crippen LogP contribution in [0.15, 0.2) is 35.0 Å². The lowest BCUT2D eigenvalue weighted by molar-refractivity contribution is -0.384. The molecule has 0 atom stereocenters. The number of ether oxygens (including phenoxy) is 1. The monoisotopic (exact) mass is 404 g/mol. The Hall–Kier alpha value is -2.67. The molecule has 3 rings (SSSR count). The van der Waals surface area contributed by atoms with Crippen LogP contribution in [0.2, 0.25) is 5.02 Å². The van der Waals surface area contributed by atoms with Crippen LogP contribution in [0.1, 0.15) is 44.6 Å². The average molecular weight is 405 g/mol. The van der Waals surface area contributed by atoms with Gasteiger partial charge < -0.3 is 9.64 Å². The topological polar surface area (TPSA) is 89.8 Å². The van der Waals surface area contributed by atoms with Crippen LogP contribution in [0.3, 0.4) is 0 Å². The van der Waals surface area contributed by atoms with Crippen LogP contribution in [0.5, 0.6) is 0 Å². The van der Waals surface area contributed by atoms with Gasteiger partial charge in [0, 0.05) is 34.5 Å². The van der Waals surface area contributed by atoms with Gasteiger partial charge in [0.25, 0.3) is 11.6 Å². The molecular weight excluding hydrogens is 384 g/mol. The molecule has 1 heterocycles. The van der Waals surface area contributed by atoms with E-state index in [9.17, 15) is 19.7 Å². The zero-order valence-electron chi connectivity index (χ0n) is 15.7. The second kappa shape index (κ2) is 8.14. The maximum Gasteiger partial charge on any atom is 0.340 e. The summed E-state index contributed by atoms with van der Waals surface area (Å²) in [5.74, 6) is -0.913. The first kappa shape index (κ1) is 20.1. The highest BCUT2D eigenvalue weighted by Gasteiger charge is 2.40. The second-order valence-corrected chi connectivity index (χ2v) is 7.35. The number of rotatable bonds is 4.